The molecule has 2 aromatic carbocycles. The van der Waals surface area contributed by atoms with Crippen molar-refractivity contribution in [3.63, 3.8) is 0 Å². The molecule has 0 unspecified atom stereocenters. The van der Waals surface area contributed by atoms with Gasteiger partial charge in [0.1, 0.15) is 5.75 Å². The largest absolute Gasteiger partial charge is 0.492 e. The molecule has 0 aromatic heterocycles. The van der Waals surface area contributed by atoms with Gasteiger partial charge in [0.25, 0.3) is 0 Å². The zero-order valence-electron chi connectivity index (χ0n) is 16.7. The van der Waals surface area contributed by atoms with Gasteiger partial charge in [0.2, 0.25) is 0 Å². The van der Waals surface area contributed by atoms with E-state index in [1.165, 1.54) is 5.56 Å². The number of anilines is 2. The quantitative estimate of drug-likeness (QED) is 0.873. The Morgan fingerprint density at radius 3 is 2.30 bits per heavy atom. The molecule has 0 radical (unpaired) electrons. The van der Waals surface area contributed by atoms with Crippen LogP contribution >= 0.6 is 0 Å². The second kappa shape index (κ2) is 8.33. The van der Waals surface area contributed by atoms with Gasteiger partial charge in [-0.2, -0.15) is 0 Å². The number of nitrogens with zero attached hydrogens (tertiary/aromatic N) is 2. The molecule has 3 rings (SSSR count). The summed E-state index contributed by atoms with van der Waals surface area (Å²) in [6, 6.07) is 12.3. The number of carbonyl (C=O) groups is 1. The van der Waals surface area contributed by atoms with Gasteiger partial charge in [0.05, 0.1) is 12.3 Å². The van der Waals surface area contributed by atoms with Gasteiger partial charge >= 0.3 is 6.03 Å². The van der Waals surface area contributed by atoms with Crippen LogP contribution in [0.4, 0.5) is 16.2 Å². The Hall–Kier alpha value is -2.69. The molecular weight excluding hydrogens is 338 g/mol. The normalized spacial score (nSPS) is 14.2. The third kappa shape index (κ3) is 4.35. The number of benzene rings is 2. The standard InChI is InChI=1S/C22H29N3O2/c1-5-27-20-9-7-6-8-19(20)24-10-12-25(13-11-24)22(26)23-21-17(3)14-16(2)15-18(21)4/h6-9,14-15H,5,10-13H2,1-4H3,(H,23,26). The summed E-state index contributed by atoms with van der Waals surface area (Å²) < 4.78 is 5.74. The zero-order chi connectivity index (χ0) is 19.4. The highest BCUT2D eigenvalue weighted by Gasteiger charge is 2.23. The second-order valence-electron chi connectivity index (χ2n) is 7.08. The molecule has 2 amide bonds. The van der Waals surface area contributed by atoms with Crippen molar-refractivity contribution in [2.24, 2.45) is 0 Å². The summed E-state index contributed by atoms with van der Waals surface area (Å²) in [5, 5.41) is 3.11. The Bertz CT molecular complexity index is 788. The Morgan fingerprint density at radius 1 is 1.04 bits per heavy atom. The number of hydrogen-bond acceptors (Lipinski definition) is 3. The van der Waals surface area contributed by atoms with Crippen LogP contribution in [0.1, 0.15) is 23.6 Å². The van der Waals surface area contributed by atoms with Gasteiger partial charge in [0, 0.05) is 31.9 Å². The van der Waals surface area contributed by atoms with Gasteiger partial charge in [-0.3, -0.25) is 0 Å². The lowest BCUT2D eigenvalue weighted by atomic mass is 10.1. The second-order valence-corrected chi connectivity index (χ2v) is 7.08. The van der Waals surface area contributed by atoms with Crippen LogP contribution in [0, 0.1) is 20.8 Å². The number of aryl methyl sites for hydroxylation is 3. The van der Waals surface area contributed by atoms with Crippen molar-refractivity contribution in [3.05, 3.63) is 53.1 Å². The average Bonchev–Trinajstić information content (AvgIpc) is 2.65. The molecule has 0 spiro atoms. The molecule has 1 aliphatic rings. The highest BCUT2D eigenvalue weighted by atomic mass is 16.5. The summed E-state index contributed by atoms with van der Waals surface area (Å²) in [7, 11) is 0. The van der Waals surface area contributed by atoms with E-state index in [0.717, 1.165) is 41.3 Å². The molecule has 144 valence electrons. The van der Waals surface area contributed by atoms with Crippen LogP contribution in [0.15, 0.2) is 36.4 Å². The number of amides is 2. The third-order valence-electron chi connectivity index (χ3n) is 4.98. The topological polar surface area (TPSA) is 44.8 Å². The van der Waals surface area contributed by atoms with Crippen molar-refractivity contribution >= 4 is 17.4 Å². The van der Waals surface area contributed by atoms with Crippen LogP contribution in [0.25, 0.3) is 0 Å². The van der Waals surface area contributed by atoms with Crippen LogP contribution in [-0.4, -0.2) is 43.7 Å². The van der Waals surface area contributed by atoms with Gasteiger partial charge in [-0.05, 0) is 51.0 Å². The van der Waals surface area contributed by atoms with Crippen molar-refractivity contribution in [2.45, 2.75) is 27.7 Å². The summed E-state index contributed by atoms with van der Waals surface area (Å²) >= 11 is 0. The minimum absolute atomic E-state index is 0.0252. The van der Waals surface area contributed by atoms with Crippen molar-refractivity contribution in [3.8, 4) is 5.75 Å². The van der Waals surface area contributed by atoms with Crippen LogP contribution in [0.3, 0.4) is 0 Å². The van der Waals surface area contributed by atoms with Gasteiger partial charge in [0.15, 0.2) is 0 Å². The first-order valence-electron chi connectivity index (χ1n) is 9.60. The van der Waals surface area contributed by atoms with Crippen molar-refractivity contribution in [1.29, 1.82) is 0 Å². The molecule has 5 nitrogen and oxygen atoms in total. The Kier molecular flexibility index (Phi) is 5.89. The van der Waals surface area contributed by atoms with Crippen LogP contribution in [0.5, 0.6) is 5.75 Å². The lowest BCUT2D eigenvalue weighted by molar-refractivity contribution is 0.208. The lowest BCUT2D eigenvalue weighted by Gasteiger charge is -2.36. The number of para-hydroxylation sites is 2. The number of rotatable bonds is 4. The fourth-order valence-corrected chi connectivity index (χ4v) is 3.71. The first-order valence-corrected chi connectivity index (χ1v) is 9.60. The maximum absolute atomic E-state index is 12.7. The van der Waals surface area contributed by atoms with E-state index in [1.807, 2.05) is 43.9 Å². The molecule has 1 N–H and O–H groups in total. The van der Waals surface area contributed by atoms with Gasteiger partial charge < -0.3 is 19.9 Å². The van der Waals surface area contributed by atoms with Crippen LogP contribution in [-0.2, 0) is 0 Å². The predicted molar refractivity (Wildman–Crippen MR) is 111 cm³/mol. The first kappa shape index (κ1) is 19.1. The summed E-state index contributed by atoms with van der Waals surface area (Å²) in [5.41, 5.74) is 5.44. The fraction of sp³-hybridized carbons (Fsp3) is 0.409. The Labute approximate surface area is 161 Å². The number of piperazine rings is 1. The first-order chi connectivity index (χ1) is 13.0. The third-order valence-corrected chi connectivity index (χ3v) is 4.98. The Morgan fingerprint density at radius 2 is 1.67 bits per heavy atom. The number of urea groups is 1. The number of ether oxygens (including phenoxy) is 1. The molecule has 0 saturated carbocycles. The number of hydrogen-bond donors (Lipinski definition) is 1. The van der Waals surface area contributed by atoms with Crippen molar-refractivity contribution < 1.29 is 9.53 Å². The summed E-state index contributed by atoms with van der Waals surface area (Å²) in [6.45, 7) is 11.8. The summed E-state index contributed by atoms with van der Waals surface area (Å²) in [5.74, 6) is 0.906. The lowest BCUT2D eigenvalue weighted by Crippen LogP contribution is -2.50. The van der Waals surface area contributed by atoms with Crippen molar-refractivity contribution in [2.75, 3.05) is 43.0 Å². The molecule has 0 atom stereocenters. The van der Waals surface area contributed by atoms with E-state index in [4.69, 9.17) is 4.74 Å². The summed E-state index contributed by atoms with van der Waals surface area (Å²) in [4.78, 5) is 16.9. The number of carbonyl (C=O) groups excluding carboxylic acids is 1. The predicted octanol–water partition coefficient (Wildman–Crippen LogP) is 4.36. The van der Waals surface area contributed by atoms with E-state index < -0.39 is 0 Å². The fourth-order valence-electron chi connectivity index (χ4n) is 3.71. The maximum atomic E-state index is 12.7. The molecule has 0 aliphatic carbocycles. The molecule has 27 heavy (non-hydrogen) atoms. The zero-order valence-corrected chi connectivity index (χ0v) is 16.7. The van der Waals surface area contributed by atoms with Gasteiger partial charge in [-0.15, -0.1) is 0 Å². The molecule has 1 heterocycles. The maximum Gasteiger partial charge on any atom is 0.321 e. The van der Waals surface area contributed by atoms with E-state index in [1.54, 1.807) is 0 Å². The van der Waals surface area contributed by atoms with Gasteiger partial charge in [-0.1, -0.05) is 29.8 Å². The molecule has 1 fully saturated rings. The molecule has 1 saturated heterocycles. The van der Waals surface area contributed by atoms with Crippen LogP contribution in [0.2, 0.25) is 0 Å². The highest BCUT2D eigenvalue weighted by Crippen LogP contribution is 2.29. The van der Waals surface area contributed by atoms with E-state index >= 15 is 0 Å². The highest BCUT2D eigenvalue weighted by molar-refractivity contribution is 5.91. The molecule has 2 aromatic rings. The van der Waals surface area contributed by atoms with E-state index in [0.29, 0.717) is 19.7 Å². The molecule has 5 heteroatoms. The smallest absolute Gasteiger partial charge is 0.321 e. The monoisotopic (exact) mass is 367 g/mol. The minimum Gasteiger partial charge on any atom is -0.492 e. The molecule has 1 aliphatic heterocycles. The van der Waals surface area contributed by atoms with Crippen LogP contribution < -0.4 is 15.0 Å². The van der Waals surface area contributed by atoms with Gasteiger partial charge in [-0.25, -0.2) is 4.79 Å². The van der Waals surface area contributed by atoms with E-state index in [2.05, 4.69) is 35.3 Å². The van der Waals surface area contributed by atoms with Crippen molar-refractivity contribution in [1.82, 2.24) is 4.90 Å². The summed E-state index contributed by atoms with van der Waals surface area (Å²) in [6.07, 6.45) is 0. The minimum atomic E-state index is -0.0252. The number of nitrogens with one attached hydrogen (secondary N) is 1. The molecule has 0 bridgehead atoms. The molecular formula is C22H29N3O2. The van der Waals surface area contributed by atoms with E-state index in [9.17, 15) is 4.79 Å². The average molecular weight is 367 g/mol. The SMILES string of the molecule is CCOc1ccccc1N1CCN(C(=O)Nc2c(C)cc(C)cc2C)CC1. The van der Waals surface area contributed by atoms with E-state index in [-0.39, 0.29) is 6.03 Å². The Balaban J connectivity index is 1.63.